The molecule has 1 aromatic carbocycles. The summed E-state index contributed by atoms with van der Waals surface area (Å²) in [4.78, 5) is 14.9. The van der Waals surface area contributed by atoms with Crippen LogP contribution in [-0.2, 0) is 4.79 Å². The van der Waals surface area contributed by atoms with Gasteiger partial charge < -0.3 is 15.0 Å². The maximum Gasteiger partial charge on any atom is 0.265 e. The van der Waals surface area contributed by atoms with Gasteiger partial charge in [-0.05, 0) is 31.4 Å². The molecule has 2 unspecified atom stereocenters. The molecule has 0 aromatic heterocycles. The van der Waals surface area contributed by atoms with Gasteiger partial charge in [-0.1, -0.05) is 31.9 Å². The Morgan fingerprint density at radius 3 is 3.05 bits per heavy atom. The molecule has 4 heteroatoms. The van der Waals surface area contributed by atoms with E-state index in [4.69, 9.17) is 4.74 Å². The van der Waals surface area contributed by atoms with Gasteiger partial charge in [-0.2, -0.15) is 0 Å². The molecule has 0 saturated carbocycles. The van der Waals surface area contributed by atoms with Crippen molar-refractivity contribution in [3.05, 3.63) is 24.3 Å². The number of nitrogens with zero attached hydrogens (tertiary/aromatic N) is 1. The second-order valence-electron chi connectivity index (χ2n) is 5.93. The third-order valence-corrected chi connectivity index (χ3v) is 4.54. The molecule has 2 atom stereocenters. The molecule has 1 saturated heterocycles. The number of rotatable bonds is 2. The van der Waals surface area contributed by atoms with Gasteiger partial charge in [-0.15, -0.1) is 0 Å². The van der Waals surface area contributed by atoms with Crippen LogP contribution in [0, 0.1) is 0 Å². The zero-order chi connectivity index (χ0) is 14.7. The topological polar surface area (TPSA) is 41.6 Å². The van der Waals surface area contributed by atoms with Crippen LogP contribution >= 0.6 is 0 Å². The third-order valence-electron chi connectivity index (χ3n) is 4.54. The van der Waals surface area contributed by atoms with E-state index < -0.39 is 6.10 Å². The van der Waals surface area contributed by atoms with E-state index in [0.717, 1.165) is 37.2 Å². The number of anilines is 1. The second kappa shape index (κ2) is 6.37. The highest BCUT2D eigenvalue weighted by molar-refractivity contribution is 5.83. The summed E-state index contributed by atoms with van der Waals surface area (Å²) in [5, 5.41) is 3.31. The molecule has 1 amide bonds. The zero-order valence-electron chi connectivity index (χ0n) is 12.7. The predicted octanol–water partition coefficient (Wildman–Crippen LogP) is 3.04. The van der Waals surface area contributed by atoms with Gasteiger partial charge in [0.2, 0.25) is 0 Å². The highest BCUT2D eigenvalue weighted by Crippen LogP contribution is 2.29. The maximum atomic E-state index is 12.8. The number of para-hydroxylation sites is 2. The first-order chi connectivity index (χ1) is 10.3. The van der Waals surface area contributed by atoms with Crippen molar-refractivity contribution in [2.45, 2.75) is 51.2 Å². The van der Waals surface area contributed by atoms with Crippen molar-refractivity contribution >= 4 is 11.6 Å². The van der Waals surface area contributed by atoms with Gasteiger partial charge >= 0.3 is 0 Å². The van der Waals surface area contributed by atoms with E-state index in [1.165, 1.54) is 12.8 Å². The fraction of sp³-hybridized carbons (Fsp3) is 0.588. The summed E-state index contributed by atoms with van der Waals surface area (Å²) in [5.74, 6) is 0.927. The molecule has 2 aliphatic rings. The van der Waals surface area contributed by atoms with E-state index in [-0.39, 0.29) is 5.91 Å². The largest absolute Gasteiger partial charge is 0.477 e. The standard InChI is InChI=1S/C17H24N2O2/c1-2-13-8-4-3-7-11-19(13)17(20)16-12-18-14-9-5-6-10-15(14)21-16/h5-6,9-10,13,16,18H,2-4,7-8,11-12H2,1H3. The summed E-state index contributed by atoms with van der Waals surface area (Å²) in [7, 11) is 0. The lowest BCUT2D eigenvalue weighted by Gasteiger charge is -2.34. The highest BCUT2D eigenvalue weighted by Gasteiger charge is 2.33. The van der Waals surface area contributed by atoms with E-state index in [9.17, 15) is 4.79 Å². The molecular weight excluding hydrogens is 264 g/mol. The van der Waals surface area contributed by atoms with Crippen molar-refractivity contribution in [1.29, 1.82) is 0 Å². The molecular formula is C17H24N2O2. The summed E-state index contributed by atoms with van der Waals surface area (Å²) in [5.41, 5.74) is 0.976. The second-order valence-corrected chi connectivity index (χ2v) is 5.93. The molecule has 1 aromatic rings. The summed E-state index contributed by atoms with van der Waals surface area (Å²) < 4.78 is 5.93. The van der Waals surface area contributed by atoms with Crippen LogP contribution in [0.25, 0.3) is 0 Å². The Kier molecular flexibility index (Phi) is 4.32. The Hall–Kier alpha value is -1.71. The first-order valence-corrected chi connectivity index (χ1v) is 8.09. The molecule has 1 N–H and O–H groups in total. The molecule has 2 aliphatic heterocycles. The van der Waals surface area contributed by atoms with Crippen molar-refractivity contribution in [2.24, 2.45) is 0 Å². The first kappa shape index (κ1) is 14.2. The minimum atomic E-state index is -0.396. The van der Waals surface area contributed by atoms with E-state index in [1.807, 2.05) is 24.3 Å². The lowest BCUT2D eigenvalue weighted by Crippen LogP contribution is -2.50. The van der Waals surface area contributed by atoms with Crippen LogP contribution in [0.2, 0.25) is 0 Å². The Bertz CT molecular complexity index is 503. The van der Waals surface area contributed by atoms with Crippen LogP contribution in [0.5, 0.6) is 5.75 Å². The zero-order valence-corrected chi connectivity index (χ0v) is 12.7. The van der Waals surface area contributed by atoms with Gasteiger partial charge in [-0.25, -0.2) is 0 Å². The Labute approximate surface area is 126 Å². The molecule has 2 heterocycles. The van der Waals surface area contributed by atoms with Crippen LogP contribution in [0.4, 0.5) is 5.69 Å². The lowest BCUT2D eigenvalue weighted by atomic mass is 10.1. The number of carbonyl (C=O) groups is 1. The Balaban J connectivity index is 1.73. The number of likely N-dealkylation sites (tertiary alicyclic amines) is 1. The van der Waals surface area contributed by atoms with Crippen LogP contribution in [0.1, 0.15) is 39.0 Å². The highest BCUT2D eigenvalue weighted by atomic mass is 16.5. The van der Waals surface area contributed by atoms with E-state index in [2.05, 4.69) is 17.1 Å². The van der Waals surface area contributed by atoms with Crippen LogP contribution < -0.4 is 10.1 Å². The fourth-order valence-electron chi connectivity index (χ4n) is 3.33. The van der Waals surface area contributed by atoms with E-state index in [0.29, 0.717) is 12.6 Å². The molecule has 114 valence electrons. The molecule has 21 heavy (non-hydrogen) atoms. The number of hydrogen-bond acceptors (Lipinski definition) is 3. The van der Waals surface area contributed by atoms with Gasteiger partial charge in [-0.3, -0.25) is 4.79 Å². The molecule has 3 rings (SSSR count). The number of carbonyl (C=O) groups excluding carboxylic acids is 1. The summed E-state index contributed by atoms with van der Waals surface area (Å²) in [6.45, 7) is 3.60. The number of amides is 1. The van der Waals surface area contributed by atoms with Gasteiger partial charge in [0.25, 0.3) is 5.91 Å². The van der Waals surface area contributed by atoms with Gasteiger partial charge in [0.15, 0.2) is 6.10 Å². The summed E-state index contributed by atoms with van der Waals surface area (Å²) in [6, 6.07) is 8.19. The number of hydrogen-bond donors (Lipinski definition) is 1. The summed E-state index contributed by atoms with van der Waals surface area (Å²) >= 11 is 0. The average Bonchev–Trinajstić information content (AvgIpc) is 2.79. The first-order valence-electron chi connectivity index (χ1n) is 8.09. The molecule has 0 spiro atoms. The van der Waals surface area contributed by atoms with Crippen LogP contribution in [0.3, 0.4) is 0 Å². The Morgan fingerprint density at radius 1 is 1.33 bits per heavy atom. The molecule has 0 aliphatic carbocycles. The minimum Gasteiger partial charge on any atom is -0.477 e. The molecule has 1 fully saturated rings. The summed E-state index contributed by atoms with van der Waals surface area (Å²) in [6.07, 6.45) is 5.33. The van der Waals surface area contributed by atoms with E-state index in [1.54, 1.807) is 0 Å². The number of fused-ring (bicyclic) bond motifs is 1. The number of ether oxygens (including phenoxy) is 1. The van der Waals surface area contributed by atoms with Gasteiger partial charge in [0, 0.05) is 12.6 Å². The lowest BCUT2D eigenvalue weighted by molar-refractivity contribution is -0.140. The smallest absolute Gasteiger partial charge is 0.265 e. The average molecular weight is 288 g/mol. The maximum absolute atomic E-state index is 12.8. The van der Waals surface area contributed by atoms with Crippen molar-refractivity contribution in [1.82, 2.24) is 4.90 Å². The number of benzene rings is 1. The predicted molar refractivity (Wildman–Crippen MR) is 83.6 cm³/mol. The van der Waals surface area contributed by atoms with Crippen molar-refractivity contribution in [2.75, 3.05) is 18.4 Å². The third kappa shape index (κ3) is 2.99. The number of nitrogens with one attached hydrogen (secondary N) is 1. The van der Waals surface area contributed by atoms with Crippen LogP contribution in [0.15, 0.2) is 24.3 Å². The molecule has 4 nitrogen and oxygen atoms in total. The molecule has 0 bridgehead atoms. The molecule has 0 radical (unpaired) electrons. The van der Waals surface area contributed by atoms with Crippen LogP contribution in [-0.4, -0.2) is 36.0 Å². The van der Waals surface area contributed by atoms with Crippen molar-refractivity contribution in [3.8, 4) is 5.75 Å². The van der Waals surface area contributed by atoms with Gasteiger partial charge in [0.1, 0.15) is 5.75 Å². The monoisotopic (exact) mass is 288 g/mol. The normalized spacial score (nSPS) is 25.3. The fourth-order valence-corrected chi connectivity index (χ4v) is 3.33. The quantitative estimate of drug-likeness (QED) is 0.909. The van der Waals surface area contributed by atoms with Crippen molar-refractivity contribution in [3.63, 3.8) is 0 Å². The van der Waals surface area contributed by atoms with Gasteiger partial charge in [0.05, 0.1) is 12.2 Å². The minimum absolute atomic E-state index is 0.144. The van der Waals surface area contributed by atoms with Crippen molar-refractivity contribution < 1.29 is 9.53 Å². The SMILES string of the molecule is CCC1CCCCCN1C(=O)C1CNc2ccccc2O1. The Morgan fingerprint density at radius 2 is 2.19 bits per heavy atom. The van der Waals surface area contributed by atoms with E-state index >= 15 is 0 Å².